The molecule has 2 heteroatoms. The van der Waals surface area contributed by atoms with Crippen LogP contribution in [0.15, 0.2) is 54.6 Å². The minimum absolute atomic E-state index is 0.620. The number of hydrogen-bond acceptors (Lipinski definition) is 1. The molecule has 0 saturated heterocycles. The molecule has 0 saturated carbocycles. The maximum absolute atomic E-state index is 11.1. The second-order valence-electron chi connectivity index (χ2n) is 6.12. The zero-order valence-electron chi connectivity index (χ0n) is 14.0. The second kappa shape index (κ2) is 9.24. The van der Waals surface area contributed by atoms with E-state index in [9.17, 15) is 4.79 Å². The maximum atomic E-state index is 11.1. The van der Waals surface area contributed by atoms with Crippen molar-refractivity contribution in [3.63, 3.8) is 0 Å². The second-order valence-corrected chi connectivity index (χ2v) is 6.12. The van der Waals surface area contributed by atoms with E-state index in [1.807, 2.05) is 30.4 Å². The molecule has 2 rings (SSSR count). The third-order valence-corrected chi connectivity index (χ3v) is 4.01. The SMILES string of the molecule is CC(C)c1ccccc1.CCCCC1(C(=O)O)C=CC=CC1. The van der Waals surface area contributed by atoms with Crippen molar-refractivity contribution in [1.82, 2.24) is 0 Å². The van der Waals surface area contributed by atoms with Crippen LogP contribution in [0, 0.1) is 5.41 Å². The number of unbranched alkanes of at least 4 members (excludes halogenated alkanes) is 1. The van der Waals surface area contributed by atoms with Gasteiger partial charge < -0.3 is 5.11 Å². The van der Waals surface area contributed by atoms with E-state index in [4.69, 9.17) is 5.11 Å². The van der Waals surface area contributed by atoms with Gasteiger partial charge in [0.1, 0.15) is 0 Å². The van der Waals surface area contributed by atoms with E-state index < -0.39 is 11.4 Å². The molecule has 0 aromatic heterocycles. The molecule has 2 nitrogen and oxygen atoms in total. The van der Waals surface area contributed by atoms with Crippen molar-refractivity contribution in [2.75, 3.05) is 0 Å². The highest BCUT2D eigenvalue weighted by molar-refractivity contribution is 5.77. The molecule has 0 fully saturated rings. The Morgan fingerprint density at radius 2 is 1.91 bits per heavy atom. The van der Waals surface area contributed by atoms with Gasteiger partial charge >= 0.3 is 5.97 Å². The first-order valence-electron chi connectivity index (χ1n) is 8.14. The summed E-state index contributed by atoms with van der Waals surface area (Å²) in [5.41, 5.74) is 0.794. The van der Waals surface area contributed by atoms with Gasteiger partial charge in [-0.1, -0.05) is 88.2 Å². The Hall–Kier alpha value is -1.83. The van der Waals surface area contributed by atoms with Crippen LogP contribution in [0.1, 0.15) is 57.9 Å². The molecule has 0 amide bonds. The van der Waals surface area contributed by atoms with E-state index in [1.165, 1.54) is 5.56 Å². The fraction of sp³-hybridized carbons (Fsp3) is 0.450. The quantitative estimate of drug-likeness (QED) is 0.771. The lowest BCUT2D eigenvalue weighted by atomic mass is 9.77. The Bertz CT molecular complexity index is 500. The molecule has 1 atom stereocenters. The molecule has 1 N–H and O–H groups in total. The summed E-state index contributed by atoms with van der Waals surface area (Å²) in [5, 5.41) is 9.13. The lowest BCUT2D eigenvalue weighted by Gasteiger charge is -2.26. The summed E-state index contributed by atoms with van der Waals surface area (Å²) >= 11 is 0. The van der Waals surface area contributed by atoms with Crippen molar-refractivity contribution < 1.29 is 9.90 Å². The Balaban J connectivity index is 0.000000235. The predicted octanol–water partition coefficient (Wildman–Crippen LogP) is 5.57. The number of aliphatic carboxylic acids is 1. The first-order chi connectivity index (χ1) is 10.5. The van der Waals surface area contributed by atoms with Gasteiger partial charge in [0.25, 0.3) is 0 Å². The van der Waals surface area contributed by atoms with Crippen LogP contribution in [0.2, 0.25) is 0 Å². The predicted molar refractivity (Wildman–Crippen MR) is 93.0 cm³/mol. The number of carboxylic acids is 1. The molecule has 22 heavy (non-hydrogen) atoms. The van der Waals surface area contributed by atoms with Crippen molar-refractivity contribution in [3.05, 3.63) is 60.2 Å². The van der Waals surface area contributed by atoms with E-state index in [2.05, 4.69) is 45.0 Å². The summed E-state index contributed by atoms with van der Waals surface area (Å²) in [7, 11) is 0. The Morgan fingerprint density at radius 3 is 2.32 bits per heavy atom. The van der Waals surface area contributed by atoms with Gasteiger partial charge in [-0.25, -0.2) is 0 Å². The molecule has 0 heterocycles. The lowest BCUT2D eigenvalue weighted by molar-refractivity contribution is -0.146. The van der Waals surface area contributed by atoms with Crippen molar-refractivity contribution in [3.8, 4) is 0 Å². The number of carboxylic acid groups (broad SMARTS) is 1. The number of allylic oxidation sites excluding steroid dienone is 3. The van der Waals surface area contributed by atoms with Crippen LogP contribution in [0.25, 0.3) is 0 Å². The molecule has 1 unspecified atom stereocenters. The average molecular weight is 300 g/mol. The van der Waals surface area contributed by atoms with Gasteiger partial charge in [0, 0.05) is 0 Å². The maximum Gasteiger partial charge on any atom is 0.313 e. The topological polar surface area (TPSA) is 37.3 Å². The van der Waals surface area contributed by atoms with Gasteiger partial charge in [-0.2, -0.15) is 0 Å². The van der Waals surface area contributed by atoms with E-state index >= 15 is 0 Å². The summed E-state index contributed by atoms with van der Waals surface area (Å²) in [6, 6.07) is 10.5. The van der Waals surface area contributed by atoms with Crippen molar-refractivity contribution in [1.29, 1.82) is 0 Å². The monoisotopic (exact) mass is 300 g/mol. The van der Waals surface area contributed by atoms with Crippen LogP contribution in [-0.4, -0.2) is 11.1 Å². The summed E-state index contributed by atoms with van der Waals surface area (Å²) in [4.78, 5) is 11.1. The fourth-order valence-corrected chi connectivity index (χ4v) is 2.45. The highest BCUT2D eigenvalue weighted by Gasteiger charge is 2.34. The van der Waals surface area contributed by atoms with Gasteiger partial charge in [0.15, 0.2) is 0 Å². The molecule has 0 radical (unpaired) electrons. The van der Waals surface area contributed by atoms with Gasteiger partial charge in [0.2, 0.25) is 0 Å². The van der Waals surface area contributed by atoms with Crippen LogP contribution in [0.5, 0.6) is 0 Å². The first-order valence-corrected chi connectivity index (χ1v) is 8.14. The summed E-state index contributed by atoms with van der Waals surface area (Å²) < 4.78 is 0. The lowest BCUT2D eigenvalue weighted by Crippen LogP contribution is -2.29. The number of hydrogen-bond donors (Lipinski definition) is 1. The van der Waals surface area contributed by atoms with Crippen LogP contribution in [0.3, 0.4) is 0 Å². The zero-order chi connectivity index (χ0) is 16.4. The first kappa shape index (κ1) is 18.2. The Morgan fingerprint density at radius 1 is 1.23 bits per heavy atom. The summed E-state index contributed by atoms with van der Waals surface area (Å²) in [6.07, 6.45) is 10.9. The normalized spacial score (nSPS) is 19.6. The molecule has 1 aromatic carbocycles. The van der Waals surface area contributed by atoms with Crippen molar-refractivity contribution in [2.24, 2.45) is 5.41 Å². The molecule has 0 aliphatic heterocycles. The summed E-state index contributed by atoms with van der Waals surface area (Å²) in [6.45, 7) is 6.49. The average Bonchev–Trinajstić information content (AvgIpc) is 2.55. The smallest absolute Gasteiger partial charge is 0.313 e. The van der Waals surface area contributed by atoms with Gasteiger partial charge in [0.05, 0.1) is 5.41 Å². The molecule has 0 bridgehead atoms. The minimum atomic E-state index is -0.693. The van der Waals surface area contributed by atoms with Crippen LogP contribution < -0.4 is 0 Å². The zero-order valence-corrected chi connectivity index (χ0v) is 14.0. The van der Waals surface area contributed by atoms with Crippen LogP contribution in [0.4, 0.5) is 0 Å². The minimum Gasteiger partial charge on any atom is -0.481 e. The Kier molecular flexibility index (Phi) is 7.65. The third kappa shape index (κ3) is 5.51. The fourth-order valence-electron chi connectivity index (χ4n) is 2.45. The van der Waals surface area contributed by atoms with Gasteiger partial charge in [-0.15, -0.1) is 0 Å². The highest BCUT2D eigenvalue weighted by Crippen LogP contribution is 2.33. The van der Waals surface area contributed by atoms with Crippen LogP contribution in [-0.2, 0) is 4.79 Å². The van der Waals surface area contributed by atoms with Gasteiger partial charge in [-0.05, 0) is 24.3 Å². The van der Waals surface area contributed by atoms with E-state index in [-0.39, 0.29) is 0 Å². The number of carbonyl (C=O) groups is 1. The van der Waals surface area contributed by atoms with Gasteiger partial charge in [-0.3, -0.25) is 4.79 Å². The molecule has 1 aliphatic carbocycles. The molecular weight excluding hydrogens is 272 g/mol. The number of rotatable bonds is 5. The molecule has 1 aliphatic rings. The largest absolute Gasteiger partial charge is 0.481 e. The molecule has 1 aromatic rings. The van der Waals surface area contributed by atoms with E-state index in [0.29, 0.717) is 12.3 Å². The van der Waals surface area contributed by atoms with Crippen LogP contribution >= 0.6 is 0 Å². The Labute approximate surface area is 134 Å². The molecule has 0 spiro atoms. The van der Waals surface area contributed by atoms with E-state index in [1.54, 1.807) is 0 Å². The number of benzene rings is 1. The third-order valence-electron chi connectivity index (χ3n) is 4.01. The summed E-state index contributed by atoms with van der Waals surface area (Å²) in [5.74, 6) is -0.0345. The molecular formula is C20H28O2. The van der Waals surface area contributed by atoms with Crippen molar-refractivity contribution in [2.45, 2.75) is 52.4 Å². The standard InChI is InChI=1S/C11H16O2.C9H12/c1-2-3-7-11(10(12)13)8-5-4-6-9-11;1-8(2)9-6-4-3-5-7-9/h4-6,8H,2-3,7,9H2,1H3,(H,12,13);3-8H,1-2H3. The molecule has 120 valence electrons. The van der Waals surface area contributed by atoms with Crippen molar-refractivity contribution >= 4 is 5.97 Å². The van der Waals surface area contributed by atoms with E-state index in [0.717, 1.165) is 19.3 Å². The highest BCUT2D eigenvalue weighted by atomic mass is 16.4.